The Morgan fingerprint density at radius 2 is 2.33 bits per heavy atom. The topological polar surface area (TPSA) is 33.3 Å². The summed E-state index contributed by atoms with van der Waals surface area (Å²) in [5.74, 6) is 0. The average molecular weight is 245 g/mol. The Balaban J connectivity index is 2.37. The molecule has 3 nitrogen and oxygen atoms in total. The van der Waals surface area contributed by atoms with Gasteiger partial charge in [-0.1, -0.05) is 17.7 Å². The molecule has 15 heavy (non-hydrogen) atoms. The number of hydrogen-bond donors (Lipinski definition) is 2. The molecule has 0 bridgehead atoms. The summed E-state index contributed by atoms with van der Waals surface area (Å²) < 4.78 is 4.89. The second-order valence-corrected chi connectivity index (χ2v) is 3.73. The van der Waals surface area contributed by atoms with Crippen molar-refractivity contribution in [1.82, 2.24) is 5.32 Å². The summed E-state index contributed by atoms with van der Waals surface area (Å²) in [5.41, 5.74) is 0.873. The van der Waals surface area contributed by atoms with E-state index in [-0.39, 0.29) is 0 Å². The van der Waals surface area contributed by atoms with Crippen LogP contribution >= 0.6 is 23.8 Å². The van der Waals surface area contributed by atoms with Gasteiger partial charge in [0.2, 0.25) is 0 Å². The molecular formula is C10H13ClN2OS. The number of halogens is 1. The monoisotopic (exact) mass is 244 g/mol. The average Bonchev–Trinajstić information content (AvgIpc) is 2.18. The highest BCUT2D eigenvalue weighted by Crippen LogP contribution is 2.14. The van der Waals surface area contributed by atoms with Gasteiger partial charge in [0, 0.05) is 24.4 Å². The van der Waals surface area contributed by atoms with Gasteiger partial charge in [-0.25, -0.2) is 0 Å². The summed E-state index contributed by atoms with van der Waals surface area (Å²) in [7, 11) is 1.65. The SMILES string of the molecule is COCCNC(=S)Nc1cccc(Cl)c1. The molecule has 1 rings (SSSR count). The maximum absolute atomic E-state index is 5.83. The predicted octanol–water partition coefficient (Wildman–Crippen LogP) is 2.27. The van der Waals surface area contributed by atoms with Gasteiger partial charge in [-0.2, -0.15) is 0 Å². The zero-order valence-electron chi connectivity index (χ0n) is 8.42. The molecule has 1 aromatic carbocycles. The molecule has 0 radical (unpaired) electrons. The van der Waals surface area contributed by atoms with E-state index in [2.05, 4.69) is 10.6 Å². The lowest BCUT2D eigenvalue weighted by Gasteiger charge is -2.09. The van der Waals surface area contributed by atoms with Crippen molar-refractivity contribution in [3.8, 4) is 0 Å². The predicted molar refractivity (Wildman–Crippen MR) is 67.6 cm³/mol. The minimum Gasteiger partial charge on any atom is -0.383 e. The summed E-state index contributed by atoms with van der Waals surface area (Å²) in [6, 6.07) is 7.39. The van der Waals surface area contributed by atoms with Crippen molar-refractivity contribution < 1.29 is 4.74 Å². The van der Waals surface area contributed by atoms with E-state index in [1.807, 2.05) is 24.3 Å². The molecule has 0 aromatic heterocycles. The largest absolute Gasteiger partial charge is 0.383 e. The van der Waals surface area contributed by atoms with Crippen molar-refractivity contribution in [1.29, 1.82) is 0 Å². The molecule has 0 aliphatic carbocycles. The quantitative estimate of drug-likeness (QED) is 0.629. The Morgan fingerprint density at radius 3 is 3.00 bits per heavy atom. The van der Waals surface area contributed by atoms with Gasteiger partial charge in [-0.3, -0.25) is 0 Å². The molecule has 0 aliphatic rings. The van der Waals surface area contributed by atoms with Crippen molar-refractivity contribution in [3.63, 3.8) is 0 Å². The zero-order valence-corrected chi connectivity index (χ0v) is 9.99. The van der Waals surface area contributed by atoms with Crippen LogP contribution in [0.3, 0.4) is 0 Å². The zero-order chi connectivity index (χ0) is 11.1. The normalized spacial score (nSPS) is 9.73. The highest BCUT2D eigenvalue weighted by Gasteiger charge is 1.97. The number of anilines is 1. The smallest absolute Gasteiger partial charge is 0.170 e. The van der Waals surface area contributed by atoms with Gasteiger partial charge in [0.1, 0.15) is 0 Å². The van der Waals surface area contributed by atoms with Crippen LogP contribution in [0.4, 0.5) is 5.69 Å². The highest BCUT2D eigenvalue weighted by atomic mass is 35.5. The minimum absolute atomic E-state index is 0.564. The van der Waals surface area contributed by atoms with Crippen LogP contribution in [0.5, 0.6) is 0 Å². The minimum atomic E-state index is 0.564. The first-order chi connectivity index (χ1) is 7.22. The lowest BCUT2D eigenvalue weighted by Crippen LogP contribution is -2.31. The molecule has 0 atom stereocenters. The summed E-state index contributed by atoms with van der Waals surface area (Å²) in [4.78, 5) is 0. The molecule has 0 saturated heterocycles. The third-order valence-electron chi connectivity index (χ3n) is 1.67. The summed E-state index contributed by atoms with van der Waals surface area (Å²) in [5, 5.41) is 7.27. The number of methoxy groups -OCH3 is 1. The molecule has 0 amide bonds. The van der Waals surface area contributed by atoms with E-state index in [0.29, 0.717) is 23.3 Å². The Hall–Kier alpha value is -0.840. The second-order valence-electron chi connectivity index (χ2n) is 2.88. The van der Waals surface area contributed by atoms with Crippen LogP contribution in [0, 0.1) is 0 Å². The molecule has 82 valence electrons. The van der Waals surface area contributed by atoms with Gasteiger partial charge in [0.25, 0.3) is 0 Å². The first kappa shape index (κ1) is 12.2. The Kier molecular flexibility index (Phi) is 5.39. The van der Waals surface area contributed by atoms with Crippen LogP contribution in [0.15, 0.2) is 24.3 Å². The summed E-state index contributed by atoms with van der Waals surface area (Å²) in [6.45, 7) is 1.31. The van der Waals surface area contributed by atoms with Gasteiger partial charge in [-0.05, 0) is 30.4 Å². The van der Waals surface area contributed by atoms with Gasteiger partial charge in [0.15, 0.2) is 5.11 Å². The standard InChI is InChI=1S/C10H13ClN2OS/c1-14-6-5-12-10(15)13-9-4-2-3-8(11)7-9/h2-4,7H,5-6H2,1H3,(H2,12,13,15). The van der Waals surface area contributed by atoms with Crippen LogP contribution in [0.2, 0.25) is 5.02 Å². The number of ether oxygens (including phenoxy) is 1. The lowest BCUT2D eigenvalue weighted by molar-refractivity contribution is 0.204. The Bertz CT molecular complexity index is 333. The Labute approximate surface area is 99.8 Å². The van der Waals surface area contributed by atoms with Crippen LogP contribution < -0.4 is 10.6 Å². The molecule has 0 aliphatic heterocycles. The first-order valence-electron chi connectivity index (χ1n) is 4.51. The van der Waals surface area contributed by atoms with Crippen LogP contribution in [-0.2, 0) is 4.74 Å². The van der Waals surface area contributed by atoms with E-state index < -0.39 is 0 Å². The third-order valence-corrected chi connectivity index (χ3v) is 2.16. The molecule has 2 N–H and O–H groups in total. The summed E-state index contributed by atoms with van der Waals surface area (Å²) >= 11 is 10.9. The molecule has 0 heterocycles. The van der Waals surface area contributed by atoms with E-state index in [4.69, 9.17) is 28.6 Å². The van der Waals surface area contributed by atoms with Crippen molar-refractivity contribution in [2.45, 2.75) is 0 Å². The maximum Gasteiger partial charge on any atom is 0.170 e. The first-order valence-corrected chi connectivity index (χ1v) is 5.30. The fourth-order valence-corrected chi connectivity index (χ4v) is 1.42. The molecule has 0 unspecified atom stereocenters. The Morgan fingerprint density at radius 1 is 1.53 bits per heavy atom. The molecular weight excluding hydrogens is 232 g/mol. The number of thiocarbonyl (C=S) groups is 1. The molecule has 0 spiro atoms. The van der Waals surface area contributed by atoms with E-state index >= 15 is 0 Å². The molecule has 0 fully saturated rings. The number of rotatable bonds is 4. The number of benzene rings is 1. The molecule has 0 saturated carbocycles. The van der Waals surface area contributed by atoms with Crippen molar-refractivity contribution in [2.24, 2.45) is 0 Å². The van der Waals surface area contributed by atoms with Crippen LogP contribution in [0.25, 0.3) is 0 Å². The van der Waals surface area contributed by atoms with Crippen LogP contribution in [0.1, 0.15) is 0 Å². The number of hydrogen-bond acceptors (Lipinski definition) is 2. The van der Waals surface area contributed by atoms with E-state index in [0.717, 1.165) is 5.69 Å². The third kappa shape index (κ3) is 4.97. The van der Waals surface area contributed by atoms with Gasteiger partial charge >= 0.3 is 0 Å². The van der Waals surface area contributed by atoms with Gasteiger partial charge in [-0.15, -0.1) is 0 Å². The molecule has 1 aromatic rings. The maximum atomic E-state index is 5.83. The van der Waals surface area contributed by atoms with E-state index in [1.54, 1.807) is 7.11 Å². The fourth-order valence-electron chi connectivity index (χ4n) is 1.01. The highest BCUT2D eigenvalue weighted by molar-refractivity contribution is 7.80. The number of nitrogens with one attached hydrogen (secondary N) is 2. The molecule has 5 heteroatoms. The van der Waals surface area contributed by atoms with E-state index in [1.165, 1.54) is 0 Å². The van der Waals surface area contributed by atoms with Crippen molar-refractivity contribution >= 4 is 34.6 Å². The second kappa shape index (κ2) is 6.61. The van der Waals surface area contributed by atoms with E-state index in [9.17, 15) is 0 Å². The van der Waals surface area contributed by atoms with Crippen LogP contribution in [-0.4, -0.2) is 25.4 Å². The van der Waals surface area contributed by atoms with Gasteiger partial charge < -0.3 is 15.4 Å². The van der Waals surface area contributed by atoms with Crippen molar-refractivity contribution in [3.05, 3.63) is 29.3 Å². The van der Waals surface area contributed by atoms with Crippen molar-refractivity contribution in [2.75, 3.05) is 25.6 Å². The fraction of sp³-hybridized carbons (Fsp3) is 0.300. The summed E-state index contributed by atoms with van der Waals surface area (Å²) in [6.07, 6.45) is 0. The van der Waals surface area contributed by atoms with Gasteiger partial charge in [0.05, 0.1) is 6.61 Å². The lowest BCUT2D eigenvalue weighted by atomic mass is 10.3.